The van der Waals surface area contributed by atoms with Crippen molar-refractivity contribution < 1.29 is 18.3 Å². The summed E-state index contributed by atoms with van der Waals surface area (Å²) >= 11 is 5.80. The second kappa shape index (κ2) is 7.28. The lowest BCUT2D eigenvalue weighted by molar-refractivity contribution is -0.120. The maximum Gasteiger partial charge on any atom is 0.224 e. The van der Waals surface area contributed by atoms with E-state index < -0.39 is 17.5 Å². The van der Waals surface area contributed by atoms with Gasteiger partial charge in [-0.3, -0.25) is 4.79 Å². The molecule has 1 aromatic carbocycles. The zero-order chi connectivity index (χ0) is 13.5. The summed E-state index contributed by atoms with van der Waals surface area (Å²) in [4.78, 5) is 11.5. The number of hydrogen-bond acceptors (Lipinski definition) is 2. The van der Waals surface area contributed by atoms with Gasteiger partial charge in [-0.05, 0) is 12.1 Å². The number of methoxy groups -OCH3 is 1. The first-order valence-corrected chi connectivity index (χ1v) is 5.80. The molecular weight excluding hydrogens is 264 g/mol. The van der Waals surface area contributed by atoms with Gasteiger partial charge in [-0.25, -0.2) is 8.78 Å². The topological polar surface area (TPSA) is 38.3 Å². The van der Waals surface area contributed by atoms with Crippen molar-refractivity contribution in [3.63, 3.8) is 0 Å². The van der Waals surface area contributed by atoms with Gasteiger partial charge >= 0.3 is 0 Å². The van der Waals surface area contributed by atoms with Crippen LogP contribution in [0.4, 0.5) is 8.78 Å². The van der Waals surface area contributed by atoms with Crippen LogP contribution in [0.15, 0.2) is 18.2 Å². The summed E-state index contributed by atoms with van der Waals surface area (Å²) in [6.45, 7) is 0.472. The van der Waals surface area contributed by atoms with Crippen LogP contribution in [0.3, 0.4) is 0 Å². The first-order chi connectivity index (χ1) is 8.54. The Hall–Kier alpha value is -1.20. The van der Waals surface area contributed by atoms with E-state index in [4.69, 9.17) is 16.3 Å². The molecule has 0 aliphatic carbocycles. The number of hydrogen-bond donors (Lipinski definition) is 1. The minimum atomic E-state index is -0.732. The van der Waals surface area contributed by atoms with E-state index >= 15 is 0 Å². The molecule has 6 heteroatoms. The Labute approximate surface area is 109 Å². The van der Waals surface area contributed by atoms with Crippen LogP contribution in [0.25, 0.3) is 0 Å². The minimum Gasteiger partial charge on any atom is -0.383 e. The Morgan fingerprint density at radius 3 is 2.61 bits per heavy atom. The van der Waals surface area contributed by atoms with E-state index in [0.717, 1.165) is 12.1 Å². The Balaban J connectivity index is 2.50. The van der Waals surface area contributed by atoms with E-state index in [9.17, 15) is 13.6 Å². The fourth-order valence-electron chi connectivity index (χ4n) is 1.39. The van der Waals surface area contributed by atoms with E-state index in [2.05, 4.69) is 5.32 Å². The van der Waals surface area contributed by atoms with Crippen molar-refractivity contribution in [1.29, 1.82) is 0 Å². The van der Waals surface area contributed by atoms with Crippen molar-refractivity contribution >= 4 is 17.5 Å². The van der Waals surface area contributed by atoms with E-state index in [1.165, 1.54) is 13.2 Å². The third kappa shape index (κ3) is 4.58. The molecule has 18 heavy (non-hydrogen) atoms. The Morgan fingerprint density at radius 2 is 2.06 bits per heavy atom. The molecule has 0 heterocycles. The summed E-state index contributed by atoms with van der Waals surface area (Å²) in [5.74, 6) is -1.95. The standard InChI is InChI=1S/C12H14ClF2NO2/c1-18-7-8(13)6-16-12(17)5-9-10(14)3-2-4-11(9)15/h2-4,8H,5-7H2,1H3,(H,16,17). The lowest BCUT2D eigenvalue weighted by atomic mass is 10.1. The molecule has 1 rings (SSSR count). The number of rotatable bonds is 6. The number of alkyl halides is 1. The molecular formula is C12H14ClF2NO2. The van der Waals surface area contributed by atoms with Gasteiger partial charge in [0.25, 0.3) is 0 Å². The van der Waals surface area contributed by atoms with Crippen molar-refractivity contribution in [3.8, 4) is 0 Å². The largest absolute Gasteiger partial charge is 0.383 e. The number of amides is 1. The quantitative estimate of drug-likeness (QED) is 0.807. The van der Waals surface area contributed by atoms with Gasteiger partial charge in [0.15, 0.2) is 0 Å². The molecule has 0 saturated heterocycles. The Morgan fingerprint density at radius 1 is 1.44 bits per heavy atom. The second-order valence-electron chi connectivity index (χ2n) is 3.73. The van der Waals surface area contributed by atoms with Gasteiger partial charge in [-0.2, -0.15) is 0 Å². The molecule has 0 aliphatic rings. The summed E-state index contributed by atoms with van der Waals surface area (Å²) in [5.41, 5.74) is -0.243. The fraction of sp³-hybridized carbons (Fsp3) is 0.417. The van der Waals surface area contributed by atoms with Crippen LogP contribution in [-0.4, -0.2) is 31.5 Å². The lowest BCUT2D eigenvalue weighted by Crippen LogP contribution is -2.33. The summed E-state index contributed by atoms with van der Waals surface area (Å²) in [6.07, 6.45) is -0.352. The molecule has 3 nitrogen and oxygen atoms in total. The smallest absolute Gasteiger partial charge is 0.224 e. The van der Waals surface area contributed by atoms with Gasteiger partial charge in [-0.15, -0.1) is 11.6 Å². The highest BCUT2D eigenvalue weighted by atomic mass is 35.5. The molecule has 1 aromatic rings. The zero-order valence-corrected chi connectivity index (χ0v) is 10.6. The van der Waals surface area contributed by atoms with Crippen LogP contribution in [0.2, 0.25) is 0 Å². The summed E-state index contributed by atoms with van der Waals surface area (Å²) < 4.78 is 31.3. The maximum absolute atomic E-state index is 13.3. The van der Waals surface area contributed by atoms with Crippen molar-refractivity contribution in [2.75, 3.05) is 20.3 Å². The molecule has 0 radical (unpaired) electrons. The number of carbonyl (C=O) groups excluding carboxylic acids is 1. The maximum atomic E-state index is 13.3. The Bertz CT molecular complexity index is 395. The molecule has 0 aromatic heterocycles. The van der Waals surface area contributed by atoms with Crippen molar-refractivity contribution in [3.05, 3.63) is 35.4 Å². The normalized spacial score (nSPS) is 12.2. The third-order valence-electron chi connectivity index (χ3n) is 2.27. The van der Waals surface area contributed by atoms with Crippen LogP contribution in [0, 0.1) is 11.6 Å². The van der Waals surface area contributed by atoms with Crippen LogP contribution >= 0.6 is 11.6 Å². The summed E-state index contributed by atoms with van der Waals surface area (Å²) in [6, 6.07) is 3.47. The average molecular weight is 278 g/mol. The highest BCUT2D eigenvalue weighted by molar-refractivity contribution is 6.21. The van der Waals surface area contributed by atoms with Crippen LogP contribution in [-0.2, 0) is 16.0 Å². The molecule has 0 saturated carbocycles. The molecule has 0 bridgehead atoms. The van der Waals surface area contributed by atoms with Crippen molar-refractivity contribution in [2.24, 2.45) is 0 Å². The highest BCUT2D eigenvalue weighted by Gasteiger charge is 2.13. The monoisotopic (exact) mass is 277 g/mol. The molecule has 1 unspecified atom stereocenters. The zero-order valence-electron chi connectivity index (χ0n) is 9.88. The van der Waals surface area contributed by atoms with Gasteiger partial charge in [0.1, 0.15) is 11.6 Å². The van der Waals surface area contributed by atoms with Crippen LogP contribution in [0.5, 0.6) is 0 Å². The number of halogens is 3. The highest BCUT2D eigenvalue weighted by Crippen LogP contribution is 2.12. The van der Waals surface area contributed by atoms with Crippen LogP contribution < -0.4 is 5.32 Å². The molecule has 1 N–H and O–H groups in total. The van der Waals surface area contributed by atoms with Gasteiger partial charge in [0.2, 0.25) is 5.91 Å². The first-order valence-electron chi connectivity index (χ1n) is 5.37. The molecule has 0 spiro atoms. The fourth-order valence-corrected chi connectivity index (χ4v) is 1.59. The average Bonchev–Trinajstić information content (AvgIpc) is 2.32. The van der Waals surface area contributed by atoms with Crippen molar-refractivity contribution in [1.82, 2.24) is 5.32 Å². The molecule has 1 atom stereocenters. The van der Waals surface area contributed by atoms with Gasteiger partial charge in [0, 0.05) is 19.2 Å². The third-order valence-corrected chi connectivity index (χ3v) is 2.55. The SMILES string of the molecule is COCC(Cl)CNC(=O)Cc1c(F)cccc1F. The summed E-state index contributed by atoms with van der Waals surface area (Å²) in [5, 5.41) is 2.12. The van der Waals surface area contributed by atoms with Gasteiger partial charge < -0.3 is 10.1 Å². The van der Waals surface area contributed by atoms with Gasteiger partial charge in [-0.1, -0.05) is 6.07 Å². The van der Waals surface area contributed by atoms with E-state index in [1.807, 2.05) is 0 Å². The summed E-state index contributed by atoms with van der Waals surface area (Å²) in [7, 11) is 1.49. The first kappa shape index (κ1) is 14.9. The molecule has 1 amide bonds. The Kier molecular flexibility index (Phi) is 6.01. The second-order valence-corrected chi connectivity index (χ2v) is 4.35. The van der Waals surface area contributed by atoms with E-state index in [1.54, 1.807) is 0 Å². The predicted molar refractivity (Wildman–Crippen MR) is 64.6 cm³/mol. The molecule has 100 valence electrons. The number of nitrogens with one attached hydrogen (secondary N) is 1. The van der Waals surface area contributed by atoms with E-state index in [-0.39, 0.29) is 30.5 Å². The predicted octanol–water partition coefficient (Wildman–Crippen LogP) is 1.88. The minimum absolute atomic E-state index is 0.185. The van der Waals surface area contributed by atoms with E-state index in [0.29, 0.717) is 0 Å². The van der Waals surface area contributed by atoms with Gasteiger partial charge in [0.05, 0.1) is 18.4 Å². The lowest BCUT2D eigenvalue weighted by Gasteiger charge is -2.10. The number of carbonyl (C=O) groups is 1. The molecule has 0 fully saturated rings. The number of benzene rings is 1. The number of ether oxygens (including phenoxy) is 1. The molecule has 0 aliphatic heterocycles. The van der Waals surface area contributed by atoms with Crippen molar-refractivity contribution in [2.45, 2.75) is 11.8 Å². The van der Waals surface area contributed by atoms with Crippen LogP contribution in [0.1, 0.15) is 5.56 Å².